The van der Waals surface area contributed by atoms with Crippen LogP contribution in [0, 0.1) is 18.3 Å². The zero-order chi connectivity index (χ0) is 29.5. The van der Waals surface area contributed by atoms with Crippen molar-refractivity contribution in [2.24, 2.45) is 4.99 Å². The summed E-state index contributed by atoms with van der Waals surface area (Å²) in [5.74, 6) is 0.475. The molecule has 0 spiro atoms. The molecular formula is C30H33N5O6. The van der Waals surface area contributed by atoms with Gasteiger partial charge >= 0.3 is 0 Å². The smallest absolute Gasteiger partial charge is 0.279 e. The number of hydrogen-bond acceptors (Lipinski definition) is 8. The fourth-order valence-corrected chi connectivity index (χ4v) is 4.54. The maximum absolute atomic E-state index is 13.7. The summed E-state index contributed by atoms with van der Waals surface area (Å²) in [7, 11) is 1.59. The third kappa shape index (κ3) is 5.93. The molecule has 0 atom stereocenters. The molecule has 0 aliphatic carbocycles. The van der Waals surface area contributed by atoms with Gasteiger partial charge in [-0.3, -0.25) is 14.0 Å². The minimum Gasteiger partial charge on any atom is -0.490 e. The first-order valence-corrected chi connectivity index (χ1v) is 13.5. The van der Waals surface area contributed by atoms with E-state index in [2.05, 4.69) is 11.1 Å². The number of fused-ring (bicyclic) bond motifs is 2. The van der Waals surface area contributed by atoms with E-state index in [9.17, 15) is 14.9 Å². The highest BCUT2D eigenvalue weighted by atomic mass is 16.5. The van der Waals surface area contributed by atoms with E-state index in [0.29, 0.717) is 67.9 Å². The van der Waals surface area contributed by atoms with E-state index in [1.807, 2.05) is 33.8 Å². The Kier molecular flexibility index (Phi) is 9.37. The number of methoxy groups -OCH3 is 1. The fraction of sp³-hybridized carbons (Fsp3) is 0.367. The van der Waals surface area contributed by atoms with Crippen LogP contribution in [-0.2, 0) is 11.3 Å². The molecule has 1 aromatic carbocycles. The van der Waals surface area contributed by atoms with Gasteiger partial charge in [0.15, 0.2) is 17.0 Å². The van der Waals surface area contributed by atoms with Crippen molar-refractivity contribution in [2.45, 2.75) is 40.7 Å². The van der Waals surface area contributed by atoms with Gasteiger partial charge < -0.3 is 23.5 Å². The Bertz CT molecular complexity index is 1740. The number of carbonyl (C=O) groups is 1. The number of hydrogen-bond donors (Lipinski definition) is 0. The van der Waals surface area contributed by atoms with Gasteiger partial charge in [0.1, 0.15) is 17.4 Å². The first kappa shape index (κ1) is 29.3. The molecule has 4 aromatic rings. The topological polar surface area (TPSA) is 129 Å². The average Bonchev–Trinajstić information content (AvgIpc) is 2.96. The molecule has 41 heavy (non-hydrogen) atoms. The average molecular weight is 560 g/mol. The summed E-state index contributed by atoms with van der Waals surface area (Å²) in [5, 5.41) is 10.3. The third-order valence-corrected chi connectivity index (χ3v) is 6.32. The van der Waals surface area contributed by atoms with Crippen molar-refractivity contribution in [1.29, 1.82) is 5.26 Å². The Labute approximate surface area is 237 Å². The number of benzene rings is 1. The van der Waals surface area contributed by atoms with E-state index >= 15 is 0 Å². The number of ether oxygens (including phenoxy) is 4. The lowest BCUT2D eigenvalue weighted by Gasteiger charge is -2.16. The fourth-order valence-electron chi connectivity index (χ4n) is 4.54. The van der Waals surface area contributed by atoms with E-state index < -0.39 is 5.91 Å². The van der Waals surface area contributed by atoms with Gasteiger partial charge in [-0.1, -0.05) is 6.07 Å². The Morgan fingerprint density at radius 1 is 1.05 bits per heavy atom. The molecule has 0 unspecified atom stereocenters. The predicted molar refractivity (Wildman–Crippen MR) is 153 cm³/mol. The number of rotatable bonds is 11. The molecular weight excluding hydrogens is 526 g/mol. The van der Waals surface area contributed by atoms with Crippen LogP contribution in [0.15, 0.2) is 46.3 Å². The van der Waals surface area contributed by atoms with Crippen LogP contribution in [0.5, 0.6) is 17.2 Å². The molecule has 0 fully saturated rings. The van der Waals surface area contributed by atoms with Gasteiger partial charge in [-0.05, 0) is 63.9 Å². The highest BCUT2D eigenvalue weighted by molar-refractivity contribution is 5.96. The molecule has 0 aliphatic rings. The lowest BCUT2D eigenvalue weighted by molar-refractivity contribution is 0.0996. The standard InChI is InChI=1S/C30H33N5O6/c1-6-39-23-16-20(17-24(40-7-2)25(23)41-8-3)29(36)33-27-21(18-31)15-22-28(34(27)13-10-14-38-5)32-26-19(4)11-9-12-35(26)30(22)37/h9,11-12,15-17H,6-8,10,13-14H2,1-5H3. The Morgan fingerprint density at radius 3 is 2.34 bits per heavy atom. The number of aryl methyl sites for hydroxylation is 2. The van der Waals surface area contributed by atoms with Crippen LogP contribution in [-0.4, -0.2) is 53.4 Å². The highest BCUT2D eigenvalue weighted by Crippen LogP contribution is 2.39. The van der Waals surface area contributed by atoms with Crippen molar-refractivity contribution < 1.29 is 23.7 Å². The number of nitriles is 1. The van der Waals surface area contributed by atoms with Gasteiger partial charge in [-0.2, -0.15) is 10.3 Å². The van der Waals surface area contributed by atoms with Gasteiger partial charge in [-0.15, -0.1) is 0 Å². The molecule has 11 heteroatoms. The monoisotopic (exact) mass is 559 g/mol. The van der Waals surface area contributed by atoms with Crippen molar-refractivity contribution in [1.82, 2.24) is 14.0 Å². The van der Waals surface area contributed by atoms with E-state index in [1.54, 1.807) is 36.1 Å². The molecule has 3 heterocycles. The van der Waals surface area contributed by atoms with Crippen molar-refractivity contribution in [3.63, 3.8) is 0 Å². The normalized spacial score (nSPS) is 11.6. The van der Waals surface area contributed by atoms with Crippen molar-refractivity contribution >= 4 is 22.6 Å². The lowest BCUT2D eigenvalue weighted by Crippen LogP contribution is -2.30. The van der Waals surface area contributed by atoms with Gasteiger partial charge in [0.25, 0.3) is 11.5 Å². The third-order valence-electron chi connectivity index (χ3n) is 6.32. The molecule has 0 bridgehead atoms. The second-order valence-electron chi connectivity index (χ2n) is 9.05. The minimum atomic E-state index is -0.625. The summed E-state index contributed by atoms with van der Waals surface area (Å²) in [6, 6.07) is 10.3. The molecule has 0 saturated carbocycles. The first-order chi connectivity index (χ1) is 19.9. The maximum Gasteiger partial charge on any atom is 0.279 e. The van der Waals surface area contributed by atoms with E-state index in [1.165, 1.54) is 10.5 Å². The lowest BCUT2D eigenvalue weighted by atomic mass is 10.1. The van der Waals surface area contributed by atoms with Crippen LogP contribution in [0.2, 0.25) is 0 Å². The van der Waals surface area contributed by atoms with Gasteiger partial charge in [-0.25, -0.2) is 4.98 Å². The number of aromatic nitrogens is 3. The van der Waals surface area contributed by atoms with E-state index in [0.717, 1.165) is 5.56 Å². The SMILES string of the molecule is CCOc1cc(C(=O)N=c2c(C#N)cc3c(=O)n4cccc(C)c4nc3n2CCCOC)cc(OCC)c1OCC. The number of nitrogens with zero attached hydrogens (tertiary/aromatic N) is 5. The molecule has 0 radical (unpaired) electrons. The van der Waals surface area contributed by atoms with Crippen LogP contribution in [0.25, 0.3) is 16.7 Å². The zero-order valence-electron chi connectivity index (χ0n) is 23.9. The second-order valence-corrected chi connectivity index (χ2v) is 9.05. The van der Waals surface area contributed by atoms with Crippen LogP contribution in [0.1, 0.15) is 48.7 Å². The van der Waals surface area contributed by atoms with Crippen LogP contribution in [0.4, 0.5) is 0 Å². The van der Waals surface area contributed by atoms with Crippen molar-refractivity contribution in [2.75, 3.05) is 33.5 Å². The Balaban J connectivity index is 2.01. The van der Waals surface area contributed by atoms with E-state index in [4.69, 9.17) is 23.9 Å². The first-order valence-electron chi connectivity index (χ1n) is 13.5. The molecule has 1 amide bonds. The highest BCUT2D eigenvalue weighted by Gasteiger charge is 2.20. The van der Waals surface area contributed by atoms with Crippen molar-refractivity contribution in [3.8, 4) is 23.3 Å². The molecule has 0 aliphatic heterocycles. The molecule has 214 valence electrons. The molecule has 3 aromatic heterocycles. The molecule has 4 rings (SSSR count). The summed E-state index contributed by atoms with van der Waals surface area (Å²) in [4.78, 5) is 36.3. The summed E-state index contributed by atoms with van der Waals surface area (Å²) in [6.07, 6.45) is 2.17. The quantitative estimate of drug-likeness (QED) is 0.200. The summed E-state index contributed by atoms with van der Waals surface area (Å²) < 4.78 is 25.6. The Hall–Kier alpha value is -4.69. The molecule has 0 N–H and O–H groups in total. The zero-order valence-corrected chi connectivity index (χ0v) is 23.9. The van der Waals surface area contributed by atoms with Gasteiger partial charge in [0.2, 0.25) is 5.75 Å². The number of carbonyl (C=O) groups excluding carboxylic acids is 1. The molecule has 0 saturated heterocycles. The van der Waals surface area contributed by atoms with Gasteiger partial charge in [0.05, 0.1) is 30.8 Å². The Morgan fingerprint density at radius 2 is 1.73 bits per heavy atom. The summed E-state index contributed by atoms with van der Waals surface area (Å²) in [6.45, 7) is 9.14. The number of pyridine rings is 2. The minimum absolute atomic E-state index is 0.0655. The largest absolute Gasteiger partial charge is 0.490 e. The summed E-state index contributed by atoms with van der Waals surface area (Å²) >= 11 is 0. The maximum atomic E-state index is 13.7. The van der Waals surface area contributed by atoms with Gasteiger partial charge in [0, 0.05) is 32.0 Å². The van der Waals surface area contributed by atoms with Crippen LogP contribution in [0.3, 0.4) is 0 Å². The second kappa shape index (κ2) is 13.1. The summed E-state index contributed by atoms with van der Waals surface area (Å²) in [5.41, 5.74) is 1.62. The number of amides is 1. The molecule has 11 nitrogen and oxygen atoms in total. The van der Waals surface area contributed by atoms with E-state index in [-0.39, 0.29) is 27.6 Å². The van der Waals surface area contributed by atoms with Crippen LogP contribution < -0.4 is 25.3 Å². The van der Waals surface area contributed by atoms with Crippen molar-refractivity contribution in [3.05, 3.63) is 69.1 Å². The predicted octanol–water partition coefficient (Wildman–Crippen LogP) is 3.80. The van der Waals surface area contributed by atoms with Crippen LogP contribution >= 0.6 is 0 Å².